The number of nitrogens with zero attached hydrogens (tertiary/aromatic N) is 3. The quantitative estimate of drug-likeness (QED) is 0.889. The lowest BCUT2D eigenvalue weighted by Gasteiger charge is -2.38. The van der Waals surface area contributed by atoms with Crippen molar-refractivity contribution < 1.29 is 4.79 Å². The second-order valence-corrected chi connectivity index (χ2v) is 6.01. The van der Waals surface area contributed by atoms with E-state index in [2.05, 4.69) is 10.4 Å². The van der Waals surface area contributed by atoms with Crippen molar-refractivity contribution in [2.45, 2.75) is 25.7 Å². The Morgan fingerprint density at radius 1 is 1.33 bits per heavy atom. The molecule has 3 heterocycles. The summed E-state index contributed by atoms with van der Waals surface area (Å²) >= 11 is 0. The molecule has 2 aliphatic heterocycles. The average molecular weight is 335 g/mol. The first-order valence-electron chi connectivity index (χ1n) is 7.13. The van der Waals surface area contributed by atoms with Gasteiger partial charge in [0.25, 0.3) is 0 Å². The SMILES string of the molecule is Cl.Cl.Cn1cc(CC(=O)N2CCC3(CCNC3)CC2)cn1. The first kappa shape index (κ1) is 18.3. The van der Waals surface area contributed by atoms with Crippen LogP contribution in [0.4, 0.5) is 0 Å². The Balaban J connectivity index is 0.00000110. The molecule has 2 saturated heterocycles. The van der Waals surface area contributed by atoms with E-state index in [0.29, 0.717) is 11.8 Å². The number of likely N-dealkylation sites (tertiary alicyclic amines) is 1. The molecule has 2 aliphatic rings. The molecule has 1 N–H and O–H groups in total. The van der Waals surface area contributed by atoms with Crippen LogP contribution < -0.4 is 5.32 Å². The highest BCUT2D eigenvalue weighted by Crippen LogP contribution is 2.36. The van der Waals surface area contributed by atoms with Gasteiger partial charge in [-0.05, 0) is 36.8 Å². The van der Waals surface area contributed by atoms with Crippen molar-refractivity contribution in [2.75, 3.05) is 26.2 Å². The number of carbonyl (C=O) groups excluding carboxylic acids is 1. The second kappa shape index (κ2) is 7.47. The van der Waals surface area contributed by atoms with Gasteiger partial charge < -0.3 is 10.2 Å². The fourth-order valence-corrected chi connectivity index (χ4v) is 3.30. The van der Waals surface area contributed by atoms with Gasteiger partial charge in [-0.3, -0.25) is 9.48 Å². The third-order valence-electron chi connectivity index (χ3n) is 4.62. The molecule has 0 radical (unpaired) electrons. The lowest BCUT2D eigenvalue weighted by Crippen LogP contribution is -2.44. The number of amides is 1. The molecule has 21 heavy (non-hydrogen) atoms. The van der Waals surface area contributed by atoms with E-state index < -0.39 is 0 Å². The molecule has 0 saturated carbocycles. The van der Waals surface area contributed by atoms with E-state index in [1.165, 1.54) is 6.42 Å². The van der Waals surface area contributed by atoms with Gasteiger partial charge in [-0.25, -0.2) is 0 Å². The number of rotatable bonds is 2. The maximum Gasteiger partial charge on any atom is 0.227 e. The van der Waals surface area contributed by atoms with Crippen molar-refractivity contribution in [1.82, 2.24) is 20.0 Å². The summed E-state index contributed by atoms with van der Waals surface area (Å²) in [5.74, 6) is 0.244. The van der Waals surface area contributed by atoms with Crippen LogP contribution in [0.25, 0.3) is 0 Å². The number of hydrogen-bond donors (Lipinski definition) is 1. The third kappa shape index (κ3) is 4.11. The molecule has 0 aromatic carbocycles. The number of piperidine rings is 1. The standard InChI is InChI=1S/C14H22N4O.2ClH/c1-17-10-12(9-16-17)8-13(19)18-6-3-14(4-7-18)2-5-15-11-14;;/h9-10,15H,2-8,11H2,1H3;2*1H. The summed E-state index contributed by atoms with van der Waals surface area (Å²) in [6.07, 6.45) is 7.77. The molecular formula is C14H24Cl2N4O. The van der Waals surface area contributed by atoms with Crippen LogP contribution in [0.15, 0.2) is 12.4 Å². The summed E-state index contributed by atoms with van der Waals surface area (Å²) in [5.41, 5.74) is 1.49. The van der Waals surface area contributed by atoms with Crippen LogP contribution in [0.3, 0.4) is 0 Å². The Hall–Kier alpha value is -0.780. The first-order chi connectivity index (χ1) is 9.17. The molecular weight excluding hydrogens is 311 g/mol. The fraction of sp³-hybridized carbons (Fsp3) is 0.714. The Bertz CT molecular complexity index is 461. The summed E-state index contributed by atoms with van der Waals surface area (Å²) in [6, 6.07) is 0. The van der Waals surface area contributed by atoms with Gasteiger partial charge in [-0.2, -0.15) is 5.10 Å². The fourth-order valence-electron chi connectivity index (χ4n) is 3.30. The molecule has 1 amide bonds. The normalized spacial score (nSPS) is 20.0. The van der Waals surface area contributed by atoms with Crippen molar-refractivity contribution >= 4 is 30.7 Å². The maximum atomic E-state index is 12.3. The van der Waals surface area contributed by atoms with Gasteiger partial charge >= 0.3 is 0 Å². The molecule has 1 aromatic heterocycles. The molecule has 120 valence electrons. The molecule has 5 nitrogen and oxygen atoms in total. The zero-order valence-electron chi connectivity index (χ0n) is 12.4. The van der Waals surface area contributed by atoms with Crippen LogP contribution >= 0.6 is 24.8 Å². The molecule has 0 aliphatic carbocycles. The van der Waals surface area contributed by atoms with Crippen molar-refractivity contribution in [3.63, 3.8) is 0 Å². The van der Waals surface area contributed by atoms with Crippen LogP contribution in [-0.2, 0) is 18.3 Å². The van der Waals surface area contributed by atoms with E-state index in [-0.39, 0.29) is 30.7 Å². The largest absolute Gasteiger partial charge is 0.342 e. The molecule has 3 rings (SSSR count). The molecule has 0 bridgehead atoms. The van der Waals surface area contributed by atoms with Crippen molar-refractivity contribution in [1.29, 1.82) is 0 Å². The minimum absolute atomic E-state index is 0. The minimum Gasteiger partial charge on any atom is -0.342 e. The predicted molar refractivity (Wildman–Crippen MR) is 87.1 cm³/mol. The topological polar surface area (TPSA) is 50.2 Å². The lowest BCUT2D eigenvalue weighted by molar-refractivity contribution is -0.132. The summed E-state index contributed by atoms with van der Waals surface area (Å²) in [7, 11) is 1.88. The van der Waals surface area contributed by atoms with E-state index in [0.717, 1.165) is 44.6 Å². The predicted octanol–water partition coefficient (Wildman–Crippen LogP) is 1.41. The van der Waals surface area contributed by atoms with Crippen LogP contribution in [0.2, 0.25) is 0 Å². The number of aryl methyl sites for hydroxylation is 1. The number of nitrogens with one attached hydrogen (secondary N) is 1. The van der Waals surface area contributed by atoms with Crippen LogP contribution in [0.1, 0.15) is 24.8 Å². The van der Waals surface area contributed by atoms with E-state index >= 15 is 0 Å². The van der Waals surface area contributed by atoms with Gasteiger partial charge in [0.15, 0.2) is 0 Å². The molecule has 0 atom stereocenters. The van der Waals surface area contributed by atoms with Crippen molar-refractivity contribution in [3.8, 4) is 0 Å². The zero-order chi connectivity index (χ0) is 13.3. The van der Waals surface area contributed by atoms with Crippen LogP contribution in [-0.4, -0.2) is 46.8 Å². The molecule has 7 heteroatoms. The Morgan fingerprint density at radius 3 is 2.57 bits per heavy atom. The number of halogens is 2. The highest BCUT2D eigenvalue weighted by molar-refractivity contribution is 5.85. The van der Waals surface area contributed by atoms with Crippen LogP contribution in [0.5, 0.6) is 0 Å². The first-order valence-corrected chi connectivity index (χ1v) is 7.13. The molecule has 1 spiro atoms. The number of carbonyl (C=O) groups is 1. The average Bonchev–Trinajstić information content (AvgIpc) is 3.00. The minimum atomic E-state index is 0. The Kier molecular flexibility index (Phi) is 6.50. The van der Waals surface area contributed by atoms with Gasteiger partial charge in [-0.1, -0.05) is 0 Å². The molecule has 2 fully saturated rings. The monoisotopic (exact) mass is 334 g/mol. The summed E-state index contributed by atoms with van der Waals surface area (Å²) in [4.78, 5) is 14.3. The summed E-state index contributed by atoms with van der Waals surface area (Å²) in [6.45, 7) is 4.11. The van der Waals surface area contributed by atoms with E-state index in [4.69, 9.17) is 0 Å². The van der Waals surface area contributed by atoms with Gasteiger partial charge in [0, 0.05) is 32.9 Å². The summed E-state index contributed by atoms with van der Waals surface area (Å²) in [5, 5.41) is 7.57. The Labute approximate surface area is 138 Å². The highest BCUT2D eigenvalue weighted by atomic mass is 35.5. The van der Waals surface area contributed by atoms with Gasteiger partial charge in [0.05, 0.1) is 12.6 Å². The second-order valence-electron chi connectivity index (χ2n) is 6.01. The highest BCUT2D eigenvalue weighted by Gasteiger charge is 2.37. The van der Waals surface area contributed by atoms with Gasteiger partial charge in [-0.15, -0.1) is 24.8 Å². The molecule has 0 unspecified atom stereocenters. The smallest absolute Gasteiger partial charge is 0.227 e. The number of aromatic nitrogens is 2. The van der Waals surface area contributed by atoms with Gasteiger partial charge in [0.1, 0.15) is 0 Å². The van der Waals surface area contributed by atoms with E-state index in [1.807, 2.05) is 18.1 Å². The third-order valence-corrected chi connectivity index (χ3v) is 4.62. The maximum absolute atomic E-state index is 12.3. The van der Waals surface area contributed by atoms with E-state index in [9.17, 15) is 4.79 Å². The Morgan fingerprint density at radius 2 is 2.05 bits per heavy atom. The van der Waals surface area contributed by atoms with Crippen LogP contribution in [0, 0.1) is 5.41 Å². The van der Waals surface area contributed by atoms with Gasteiger partial charge in [0.2, 0.25) is 5.91 Å². The summed E-state index contributed by atoms with van der Waals surface area (Å²) < 4.78 is 1.75. The lowest BCUT2D eigenvalue weighted by atomic mass is 9.78. The molecule has 1 aromatic rings. The van der Waals surface area contributed by atoms with Crippen molar-refractivity contribution in [3.05, 3.63) is 18.0 Å². The number of hydrogen-bond acceptors (Lipinski definition) is 3. The van der Waals surface area contributed by atoms with E-state index in [1.54, 1.807) is 10.9 Å². The zero-order valence-corrected chi connectivity index (χ0v) is 14.0. The van der Waals surface area contributed by atoms with Crippen molar-refractivity contribution in [2.24, 2.45) is 12.5 Å².